The molecule has 0 aromatic heterocycles. The minimum atomic E-state index is -3.19. The summed E-state index contributed by atoms with van der Waals surface area (Å²) >= 11 is 0. The predicted octanol–water partition coefficient (Wildman–Crippen LogP) is 0.423. The number of hydrogen-bond donors (Lipinski definition) is 1. The maximum atomic E-state index is 12.1. The Bertz CT molecular complexity index is 330. The van der Waals surface area contributed by atoms with Crippen molar-refractivity contribution in [2.24, 2.45) is 0 Å². The van der Waals surface area contributed by atoms with Crippen LogP contribution in [0.5, 0.6) is 0 Å². The van der Waals surface area contributed by atoms with Gasteiger partial charge in [0.1, 0.15) is 0 Å². The average molecular weight is 264 g/mol. The zero-order valence-corrected chi connectivity index (χ0v) is 12.0. The second-order valence-corrected chi connectivity index (χ2v) is 7.00. The molecule has 102 valence electrons. The van der Waals surface area contributed by atoms with Crippen molar-refractivity contribution < 1.29 is 13.2 Å². The van der Waals surface area contributed by atoms with E-state index in [0.29, 0.717) is 13.1 Å². The number of piperazine rings is 1. The zero-order chi connectivity index (χ0) is 13.1. The molecule has 1 aliphatic heterocycles. The first-order valence-corrected chi connectivity index (χ1v) is 7.78. The van der Waals surface area contributed by atoms with Crippen LogP contribution in [0.2, 0.25) is 0 Å². The predicted molar refractivity (Wildman–Crippen MR) is 68.5 cm³/mol. The van der Waals surface area contributed by atoms with Crippen LogP contribution in [-0.2, 0) is 14.8 Å². The molecule has 1 N–H and O–H groups in total. The van der Waals surface area contributed by atoms with E-state index in [4.69, 9.17) is 4.74 Å². The van der Waals surface area contributed by atoms with Gasteiger partial charge in [-0.25, -0.2) is 8.42 Å². The average Bonchev–Trinajstić information content (AvgIpc) is 2.20. The number of nitrogens with zero attached hydrogens (tertiary/aromatic N) is 1. The van der Waals surface area contributed by atoms with E-state index in [1.54, 1.807) is 4.31 Å². The van der Waals surface area contributed by atoms with Crippen LogP contribution in [0.25, 0.3) is 0 Å². The van der Waals surface area contributed by atoms with Crippen molar-refractivity contribution in [1.82, 2.24) is 9.62 Å². The van der Waals surface area contributed by atoms with Gasteiger partial charge in [0.2, 0.25) is 10.0 Å². The smallest absolute Gasteiger partial charge is 0.216 e. The van der Waals surface area contributed by atoms with Crippen molar-refractivity contribution in [3.63, 3.8) is 0 Å². The lowest BCUT2D eigenvalue weighted by Crippen LogP contribution is -2.56. The van der Waals surface area contributed by atoms with Gasteiger partial charge in [-0.3, -0.25) is 0 Å². The van der Waals surface area contributed by atoms with Crippen molar-refractivity contribution in [3.8, 4) is 0 Å². The third kappa shape index (κ3) is 4.54. The first-order valence-electron chi connectivity index (χ1n) is 6.17. The van der Waals surface area contributed by atoms with Gasteiger partial charge in [-0.1, -0.05) is 0 Å². The maximum Gasteiger partial charge on any atom is 0.216 e. The van der Waals surface area contributed by atoms with Crippen LogP contribution in [0.15, 0.2) is 0 Å². The van der Waals surface area contributed by atoms with Crippen LogP contribution >= 0.6 is 0 Å². The fraction of sp³-hybridized carbons (Fsp3) is 1.00. The maximum absolute atomic E-state index is 12.1. The van der Waals surface area contributed by atoms with Gasteiger partial charge in [-0.05, 0) is 27.7 Å². The molecule has 0 amide bonds. The molecule has 5 nitrogen and oxygen atoms in total. The molecule has 0 aromatic rings. The summed E-state index contributed by atoms with van der Waals surface area (Å²) < 4.78 is 31.2. The summed E-state index contributed by atoms with van der Waals surface area (Å²) in [5, 5.41) is 3.27. The normalized spacial score (nSPS) is 27.6. The van der Waals surface area contributed by atoms with E-state index >= 15 is 0 Å². The van der Waals surface area contributed by atoms with E-state index in [1.807, 2.05) is 27.7 Å². The Balaban J connectivity index is 2.56. The first-order chi connectivity index (χ1) is 7.83. The van der Waals surface area contributed by atoms with E-state index < -0.39 is 10.0 Å². The minimum Gasteiger partial charge on any atom is -0.378 e. The van der Waals surface area contributed by atoms with E-state index in [0.717, 1.165) is 0 Å². The number of nitrogens with one attached hydrogen (secondary N) is 1. The molecule has 0 saturated carbocycles. The Morgan fingerprint density at radius 3 is 2.65 bits per heavy atom. The van der Waals surface area contributed by atoms with Gasteiger partial charge in [0.05, 0.1) is 18.5 Å². The first kappa shape index (κ1) is 14.9. The quantitative estimate of drug-likeness (QED) is 0.782. The number of sulfonamides is 1. The highest BCUT2D eigenvalue weighted by Gasteiger charge is 2.31. The number of hydrogen-bond acceptors (Lipinski definition) is 4. The van der Waals surface area contributed by atoms with Crippen LogP contribution in [-0.4, -0.2) is 56.4 Å². The lowest BCUT2D eigenvalue weighted by atomic mass is 10.2. The Morgan fingerprint density at radius 2 is 2.06 bits per heavy atom. The summed E-state index contributed by atoms with van der Waals surface area (Å²) in [6.07, 6.45) is 0.0737. The Hall–Kier alpha value is -0.170. The number of rotatable bonds is 5. The van der Waals surface area contributed by atoms with Crippen molar-refractivity contribution in [1.29, 1.82) is 0 Å². The molecular formula is C11H24N2O3S. The molecule has 0 bridgehead atoms. The third-order valence-electron chi connectivity index (χ3n) is 2.86. The monoisotopic (exact) mass is 264 g/mol. The summed E-state index contributed by atoms with van der Waals surface area (Å²) in [7, 11) is -3.19. The van der Waals surface area contributed by atoms with Crippen molar-refractivity contribution in [3.05, 3.63) is 0 Å². The van der Waals surface area contributed by atoms with Gasteiger partial charge >= 0.3 is 0 Å². The molecule has 6 heteroatoms. The lowest BCUT2D eigenvalue weighted by molar-refractivity contribution is 0.0902. The van der Waals surface area contributed by atoms with Crippen LogP contribution < -0.4 is 5.32 Å². The second kappa shape index (κ2) is 6.13. The van der Waals surface area contributed by atoms with Gasteiger partial charge < -0.3 is 10.1 Å². The zero-order valence-electron chi connectivity index (χ0n) is 11.1. The van der Waals surface area contributed by atoms with Gasteiger partial charge in [0.15, 0.2) is 0 Å². The van der Waals surface area contributed by atoms with E-state index in [2.05, 4.69) is 5.32 Å². The molecule has 2 unspecified atom stereocenters. The highest BCUT2D eigenvalue weighted by atomic mass is 32.2. The van der Waals surface area contributed by atoms with Crippen LogP contribution in [0.1, 0.15) is 27.7 Å². The molecule has 0 spiro atoms. The molecule has 1 aliphatic rings. The lowest BCUT2D eigenvalue weighted by Gasteiger charge is -2.36. The van der Waals surface area contributed by atoms with E-state index in [-0.39, 0.29) is 30.5 Å². The minimum absolute atomic E-state index is 0.0234. The summed E-state index contributed by atoms with van der Waals surface area (Å²) in [4.78, 5) is 0. The van der Waals surface area contributed by atoms with E-state index in [9.17, 15) is 8.42 Å². The van der Waals surface area contributed by atoms with Gasteiger partial charge in [-0.15, -0.1) is 0 Å². The molecule has 17 heavy (non-hydrogen) atoms. The molecule has 0 aromatic carbocycles. The highest BCUT2D eigenvalue weighted by molar-refractivity contribution is 7.89. The van der Waals surface area contributed by atoms with Gasteiger partial charge in [0, 0.05) is 25.2 Å². The van der Waals surface area contributed by atoms with Crippen LogP contribution in [0.4, 0.5) is 0 Å². The fourth-order valence-corrected chi connectivity index (χ4v) is 3.50. The van der Waals surface area contributed by atoms with Crippen molar-refractivity contribution >= 4 is 10.0 Å². The largest absolute Gasteiger partial charge is 0.378 e. The Kier molecular flexibility index (Phi) is 5.37. The van der Waals surface area contributed by atoms with Crippen molar-refractivity contribution in [2.45, 2.75) is 45.9 Å². The number of ether oxygens (including phenoxy) is 1. The topological polar surface area (TPSA) is 58.6 Å². The SMILES string of the molecule is CC1CN(S(=O)(=O)CCOC(C)C)C(C)CN1. The summed E-state index contributed by atoms with van der Waals surface area (Å²) in [6.45, 7) is 9.27. The molecule has 0 radical (unpaired) electrons. The molecule has 0 aliphatic carbocycles. The molecule has 1 saturated heterocycles. The third-order valence-corrected chi connectivity index (χ3v) is 4.76. The second-order valence-electron chi connectivity index (χ2n) is 4.96. The molecule has 1 heterocycles. The molecule has 2 atom stereocenters. The van der Waals surface area contributed by atoms with Crippen LogP contribution in [0.3, 0.4) is 0 Å². The molecular weight excluding hydrogens is 240 g/mol. The van der Waals surface area contributed by atoms with Crippen molar-refractivity contribution in [2.75, 3.05) is 25.4 Å². The standard InChI is InChI=1S/C11H24N2O3S/c1-9(2)16-5-6-17(14,15)13-8-10(3)12-7-11(13)4/h9-12H,5-8H2,1-4H3. The summed E-state index contributed by atoms with van der Waals surface area (Å²) in [5.74, 6) is 0.0717. The fourth-order valence-electron chi connectivity index (χ4n) is 1.88. The highest BCUT2D eigenvalue weighted by Crippen LogP contribution is 2.12. The summed E-state index contributed by atoms with van der Waals surface area (Å²) in [6, 6.07) is 0.238. The summed E-state index contributed by atoms with van der Waals surface area (Å²) in [5.41, 5.74) is 0. The van der Waals surface area contributed by atoms with Gasteiger partial charge in [0.25, 0.3) is 0 Å². The van der Waals surface area contributed by atoms with E-state index in [1.165, 1.54) is 0 Å². The molecule has 1 fully saturated rings. The Morgan fingerprint density at radius 1 is 1.41 bits per heavy atom. The Labute approximate surface area is 105 Å². The van der Waals surface area contributed by atoms with Gasteiger partial charge in [-0.2, -0.15) is 4.31 Å². The molecule has 1 rings (SSSR count). The van der Waals surface area contributed by atoms with Crippen LogP contribution in [0, 0.1) is 0 Å².